The zero-order valence-electron chi connectivity index (χ0n) is 11.8. The van der Waals surface area contributed by atoms with Crippen LogP contribution < -0.4 is 5.73 Å². The van der Waals surface area contributed by atoms with E-state index in [-0.39, 0.29) is 0 Å². The Kier molecular flexibility index (Phi) is 2.86. The zero-order chi connectivity index (χ0) is 14.9. The number of hydrogen-bond donors (Lipinski definition) is 1. The van der Waals surface area contributed by atoms with Crippen molar-refractivity contribution in [2.45, 2.75) is 0 Å². The van der Waals surface area contributed by atoms with Crippen molar-refractivity contribution in [2.24, 2.45) is 0 Å². The van der Waals surface area contributed by atoms with Crippen LogP contribution in [0, 0.1) is 0 Å². The minimum atomic E-state index is 0.482. The van der Waals surface area contributed by atoms with E-state index < -0.39 is 0 Å². The monoisotopic (exact) mass is 286 g/mol. The largest absolute Gasteiger partial charge is 0.382 e. The molecule has 4 aromatic rings. The summed E-state index contributed by atoms with van der Waals surface area (Å²) in [6.07, 6.45) is 3.58. The fraction of sp³-hybridized carbons (Fsp3) is 0. The Labute approximate surface area is 127 Å². The molecular weight excluding hydrogens is 272 g/mol. The van der Waals surface area contributed by atoms with E-state index in [9.17, 15) is 0 Å². The van der Waals surface area contributed by atoms with Gasteiger partial charge in [-0.2, -0.15) is 0 Å². The predicted octanol–water partition coefficient (Wildman–Crippen LogP) is 3.67. The molecule has 0 atom stereocenters. The van der Waals surface area contributed by atoms with Crippen molar-refractivity contribution in [3.05, 3.63) is 73.2 Å². The van der Waals surface area contributed by atoms with E-state index in [1.807, 2.05) is 53.1 Å². The molecule has 0 saturated heterocycles. The van der Waals surface area contributed by atoms with Crippen LogP contribution in [0.25, 0.3) is 27.8 Å². The summed E-state index contributed by atoms with van der Waals surface area (Å²) >= 11 is 0. The molecule has 0 spiro atoms. The van der Waals surface area contributed by atoms with Gasteiger partial charge in [-0.15, -0.1) is 0 Å². The molecule has 0 unspecified atom stereocenters. The molecule has 2 aromatic carbocycles. The minimum Gasteiger partial charge on any atom is -0.382 e. The molecular formula is C18H14N4. The molecule has 2 aromatic heterocycles. The number of aromatic nitrogens is 3. The van der Waals surface area contributed by atoms with Gasteiger partial charge in [-0.3, -0.25) is 0 Å². The Morgan fingerprint density at radius 1 is 0.818 bits per heavy atom. The fourth-order valence-corrected chi connectivity index (χ4v) is 2.70. The lowest BCUT2D eigenvalue weighted by Crippen LogP contribution is -1.98. The quantitative estimate of drug-likeness (QED) is 0.611. The van der Waals surface area contributed by atoms with Gasteiger partial charge >= 0.3 is 0 Å². The number of nitrogen functional groups attached to an aromatic ring is 1. The Hall–Kier alpha value is -3.14. The number of rotatable bonds is 2. The first-order chi connectivity index (χ1) is 10.8. The second-order valence-electron chi connectivity index (χ2n) is 5.07. The average Bonchev–Trinajstić information content (AvgIpc) is 2.98. The van der Waals surface area contributed by atoms with Gasteiger partial charge in [0.05, 0.1) is 0 Å². The highest BCUT2D eigenvalue weighted by Crippen LogP contribution is 2.32. The second-order valence-corrected chi connectivity index (χ2v) is 5.07. The molecule has 0 fully saturated rings. The van der Waals surface area contributed by atoms with E-state index in [1.54, 1.807) is 0 Å². The summed E-state index contributed by atoms with van der Waals surface area (Å²) in [6.45, 7) is 0. The third kappa shape index (κ3) is 1.93. The Morgan fingerprint density at radius 2 is 1.50 bits per heavy atom. The van der Waals surface area contributed by atoms with Crippen molar-refractivity contribution in [1.82, 2.24) is 14.5 Å². The van der Waals surface area contributed by atoms with Crippen LogP contribution >= 0.6 is 0 Å². The van der Waals surface area contributed by atoms with E-state index >= 15 is 0 Å². The SMILES string of the molecule is Nc1ncnc2c(-c3ccccc3)cn(-c3ccccc3)c12. The summed E-state index contributed by atoms with van der Waals surface area (Å²) in [7, 11) is 0. The highest BCUT2D eigenvalue weighted by atomic mass is 15.0. The molecule has 4 nitrogen and oxygen atoms in total. The van der Waals surface area contributed by atoms with Crippen LogP contribution in [0.5, 0.6) is 0 Å². The topological polar surface area (TPSA) is 56.7 Å². The molecule has 0 saturated carbocycles. The predicted molar refractivity (Wildman–Crippen MR) is 88.7 cm³/mol. The van der Waals surface area contributed by atoms with E-state index in [0.717, 1.165) is 27.8 Å². The molecule has 106 valence electrons. The summed E-state index contributed by atoms with van der Waals surface area (Å²) in [5, 5.41) is 0. The van der Waals surface area contributed by atoms with Gasteiger partial charge in [0.25, 0.3) is 0 Å². The maximum absolute atomic E-state index is 6.11. The molecule has 4 rings (SSSR count). The number of anilines is 1. The van der Waals surface area contributed by atoms with Crippen LogP contribution in [-0.2, 0) is 0 Å². The van der Waals surface area contributed by atoms with Gasteiger partial charge in [0.15, 0.2) is 5.82 Å². The lowest BCUT2D eigenvalue weighted by molar-refractivity contribution is 1.11. The van der Waals surface area contributed by atoms with Gasteiger partial charge in [-0.25, -0.2) is 9.97 Å². The number of fused-ring (bicyclic) bond motifs is 1. The summed E-state index contributed by atoms with van der Waals surface area (Å²) in [5.41, 5.74) is 11.0. The molecule has 4 heteroatoms. The lowest BCUT2D eigenvalue weighted by Gasteiger charge is -2.05. The molecule has 2 heterocycles. The molecule has 0 bridgehead atoms. The van der Waals surface area contributed by atoms with E-state index in [0.29, 0.717) is 5.82 Å². The van der Waals surface area contributed by atoms with Crippen LogP contribution in [0.1, 0.15) is 0 Å². The normalized spacial score (nSPS) is 10.9. The van der Waals surface area contributed by atoms with E-state index in [4.69, 9.17) is 5.73 Å². The van der Waals surface area contributed by atoms with E-state index in [1.165, 1.54) is 6.33 Å². The Bertz CT molecular complexity index is 927. The van der Waals surface area contributed by atoms with Gasteiger partial charge in [0, 0.05) is 17.4 Å². The van der Waals surface area contributed by atoms with Crippen LogP contribution in [0.3, 0.4) is 0 Å². The fourth-order valence-electron chi connectivity index (χ4n) is 2.70. The average molecular weight is 286 g/mol. The molecule has 0 aliphatic heterocycles. The summed E-state index contributed by atoms with van der Waals surface area (Å²) in [6, 6.07) is 20.3. The molecule has 0 radical (unpaired) electrons. The summed E-state index contributed by atoms with van der Waals surface area (Å²) in [5.74, 6) is 0.482. The van der Waals surface area contributed by atoms with Crippen LogP contribution in [0.4, 0.5) is 5.82 Å². The number of hydrogen-bond acceptors (Lipinski definition) is 3. The number of nitrogens with two attached hydrogens (primary N) is 1. The van der Waals surface area contributed by atoms with Crippen molar-refractivity contribution in [1.29, 1.82) is 0 Å². The highest BCUT2D eigenvalue weighted by molar-refractivity contribution is 5.98. The Balaban J connectivity index is 2.07. The first-order valence-corrected chi connectivity index (χ1v) is 7.07. The Morgan fingerprint density at radius 3 is 2.23 bits per heavy atom. The molecule has 2 N–H and O–H groups in total. The summed E-state index contributed by atoms with van der Waals surface area (Å²) in [4.78, 5) is 8.60. The number of para-hydroxylation sites is 1. The molecule has 22 heavy (non-hydrogen) atoms. The van der Waals surface area contributed by atoms with Crippen LogP contribution in [0.15, 0.2) is 73.2 Å². The maximum atomic E-state index is 6.11. The van der Waals surface area contributed by atoms with Crippen molar-refractivity contribution in [3.8, 4) is 16.8 Å². The van der Waals surface area contributed by atoms with Gasteiger partial charge < -0.3 is 10.3 Å². The van der Waals surface area contributed by atoms with Crippen LogP contribution in [0.2, 0.25) is 0 Å². The van der Waals surface area contributed by atoms with Gasteiger partial charge in [-0.05, 0) is 17.7 Å². The van der Waals surface area contributed by atoms with Gasteiger partial charge in [0.2, 0.25) is 0 Å². The molecule has 0 amide bonds. The third-order valence-electron chi connectivity index (χ3n) is 3.72. The first-order valence-electron chi connectivity index (χ1n) is 7.07. The van der Waals surface area contributed by atoms with Crippen molar-refractivity contribution < 1.29 is 0 Å². The van der Waals surface area contributed by atoms with Gasteiger partial charge in [0.1, 0.15) is 17.4 Å². The lowest BCUT2D eigenvalue weighted by atomic mass is 10.1. The standard InChI is InChI=1S/C18H14N4/c19-18-17-16(20-12-21-18)15(13-7-3-1-4-8-13)11-22(17)14-9-5-2-6-10-14/h1-12H,(H2,19,20,21). The smallest absolute Gasteiger partial charge is 0.151 e. The van der Waals surface area contributed by atoms with Crippen LogP contribution in [-0.4, -0.2) is 14.5 Å². The number of nitrogens with zero attached hydrogens (tertiary/aromatic N) is 3. The molecule has 0 aliphatic rings. The minimum absolute atomic E-state index is 0.482. The van der Waals surface area contributed by atoms with Crippen molar-refractivity contribution in [2.75, 3.05) is 5.73 Å². The second kappa shape index (κ2) is 5.00. The third-order valence-corrected chi connectivity index (χ3v) is 3.72. The molecule has 0 aliphatic carbocycles. The van der Waals surface area contributed by atoms with Gasteiger partial charge in [-0.1, -0.05) is 48.5 Å². The van der Waals surface area contributed by atoms with E-state index in [2.05, 4.69) is 28.3 Å². The van der Waals surface area contributed by atoms with Crippen molar-refractivity contribution in [3.63, 3.8) is 0 Å². The summed E-state index contributed by atoms with van der Waals surface area (Å²) < 4.78 is 2.05. The first kappa shape index (κ1) is 12.6. The van der Waals surface area contributed by atoms with Crippen molar-refractivity contribution >= 4 is 16.9 Å². The zero-order valence-corrected chi connectivity index (χ0v) is 11.8. The number of benzene rings is 2. The maximum Gasteiger partial charge on any atom is 0.151 e. The highest BCUT2D eigenvalue weighted by Gasteiger charge is 2.15.